The monoisotopic (exact) mass is 461 g/mol. The van der Waals surface area contributed by atoms with Crippen LogP contribution in [0.25, 0.3) is 11.1 Å². The summed E-state index contributed by atoms with van der Waals surface area (Å²) in [5.74, 6) is 0.896. The van der Waals surface area contributed by atoms with Gasteiger partial charge in [-0.2, -0.15) is 0 Å². The molecule has 0 unspecified atom stereocenters. The smallest absolute Gasteiger partial charge is 0.326 e. The number of aromatic nitrogens is 2. The normalized spacial score (nSPS) is 14.5. The van der Waals surface area contributed by atoms with E-state index >= 15 is 0 Å². The number of hydrogen-bond acceptors (Lipinski definition) is 8. The molecule has 5 N–H and O–H groups in total. The van der Waals surface area contributed by atoms with E-state index < -0.39 is 16.1 Å². The lowest BCUT2D eigenvalue weighted by Crippen LogP contribution is -2.44. The molecule has 3 heterocycles. The molecule has 1 aliphatic heterocycles. The average molecular weight is 462 g/mol. The molecule has 32 heavy (non-hydrogen) atoms. The first kappa shape index (κ1) is 23.2. The lowest BCUT2D eigenvalue weighted by molar-refractivity contribution is -0.359. The van der Waals surface area contributed by atoms with Crippen molar-refractivity contribution in [1.29, 1.82) is 0 Å². The van der Waals surface area contributed by atoms with E-state index in [1.165, 1.54) is 0 Å². The Labute approximate surface area is 184 Å². The maximum absolute atomic E-state index is 12.2. The fourth-order valence-electron chi connectivity index (χ4n) is 2.81. The summed E-state index contributed by atoms with van der Waals surface area (Å²) in [6, 6.07) is 12.5. The van der Waals surface area contributed by atoms with Gasteiger partial charge in [-0.05, 0) is 30.7 Å². The number of carbonyl (C=O) groups excluding carboxylic acids is 1. The van der Waals surface area contributed by atoms with Crippen LogP contribution in [0.4, 0.5) is 22.2 Å². The van der Waals surface area contributed by atoms with Crippen LogP contribution in [0.15, 0.2) is 53.2 Å². The summed E-state index contributed by atoms with van der Waals surface area (Å²) in [4.78, 5) is 15.1. The molecule has 2 amide bonds. The summed E-state index contributed by atoms with van der Waals surface area (Å²) in [6.07, 6.45) is 2.44. The summed E-state index contributed by atoms with van der Waals surface area (Å²) in [7, 11) is -3.92. The Kier molecular flexibility index (Phi) is 6.77. The zero-order valence-electron chi connectivity index (χ0n) is 17.4. The molecule has 1 fully saturated rings. The summed E-state index contributed by atoms with van der Waals surface area (Å²) >= 11 is 0. The van der Waals surface area contributed by atoms with E-state index in [-0.39, 0.29) is 5.41 Å². The number of H-pyrrole nitrogens is 1. The van der Waals surface area contributed by atoms with Crippen LogP contribution < -0.4 is 21.4 Å². The number of carbonyl (C=O) groups is 1. The number of urea groups is 1. The topological polar surface area (TPSA) is 174 Å². The highest BCUT2D eigenvalue weighted by atomic mass is 32.2. The number of nitrogens with one attached hydrogen (secondary N) is 3. The molecule has 1 saturated heterocycles. The first-order chi connectivity index (χ1) is 15.0. The van der Waals surface area contributed by atoms with E-state index in [0.29, 0.717) is 36.9 Å². The number of amides is 2. The van der Waals surface area contributed by atoms with Crippen molar-refractivity contribution < 1.29 is 32.0 Å². The van der Waals surface area contributed by atoms with Gasteiger partial charge in [0.2, 0.25) is 5.88 Å². The van der Waals surface area contributed by atoms with Crippen LogP contribution in [-0.2, 0) is 20.3 Å². The quantitative estimate of drug-likeness (QED) is 0.493. The molecule has 2 aromatic heterocycles. The Balaban J connectivity index is 0.000000523. The van der Waals surface area contributed by atoms with E-state index in [1.807, 2.05) is 43.5 Å². The molecule has 3 aromatic rings. The number of nitrogen functional groups attached to an aromatic ring is 1. The summed E-state index contributed by atoms with van der Waals surface area (Å²) in [6.45, 7) is 3.24. The maximum atomic E-state index is 12.2. The van der Waals surface area contributed by atoms with Crippen molar-refractivity contribution in [2.75, 3.05) is 35.8 Å². The molecule has 0 bridgehead atoms. The zero-order valence-corrected chi connectivity index (χ0v) is 18.2. The molecule has 0 radical (unpaired) electrons. The highest BCUT2D eigenvalue weighted by Crippen LogP contribution is 2.32. The number of pyridine rings is 1. The number of nitrogens with zero attached hydrogens (tertiary/aromatic N) is 1. The number of anilines is 3. The van der Waals surface area contributed by atoms with Crippen molar-refractivity contribution in [2.45, 2.75) is 12.3 Å². The third-order valence-corrected chi connectivity index (χ3v) is 4.52. The molecule has 0 aliphatic carbocycles. The fourth-order valence-corrected chi connectivity index (χ4v) is 2.81. The minimum Gasteiger partial charge on any atom is -0.748 e. The van der Waals surface area contributed by atoms with E-state index in [2.05, 4.69) is 20.8 Å². The lowest BCUT2D eigenvalue weighted by atomic mass is 9.85. The second-order valence-corrected chi connectivity index (χ2v) is 8.93. The van der Waals surface area contributed by atoms with Gasteiger partial charge in [0.25, 0.3) is 5.82 Å². The average Bonchev–Trinajstić information content (AvgIpc) is 3.15. The Morgan fingerprint density at radius 3 is 2.31 bits per heavy atom. The second kappa shape index (κ2) is 9.34. The van der Waals surface area contributed by atoms with Gasteiger partial charge in [0.1, 0.15) is 0 Å². The standard InChI is InChI=1S/C19H19N5O3.CH4O3S/c1-19(10-26-11-19)15-8-17(27-24-15)23-18(25)22-14-5-2-12(3-6-14)13-4-7-16(20)21-9-13;1-5(2,3)4/h2-9H,10-11H2,1H3,(H2,20,21)(H2,22,23,25);1H3,(H,2,3,4). The van der Waals surface area contributed by atoms with Crippen molar-refractivity contribution >= 4 is 33.5 Å². The number of aromatic amines is 1. The molecule has 170 valence electrons. The van der Waals surface area contributed by atoms with E-state index in [1.54, 1.807) is 12.1 Å². The van der Waals surface area contributed by atoms with Gasteiger partial charge in [-0.25, -0.2) is 18.2 Å². The van der Waals surface area contributed by atoms with Crippen LogP contribution in [0, 0.1) is 0 Å². The van der Waals surface area contributed by atoms with Crippen molar-refractivity contribution in [3.8, 4) is 11.1 Å². The predicted molar refractivity (Wildman–Crippen MR) is 116 cm³/mol. The first-order valence-corrected chi connectivity index (χ1v) is 11.2. The molecule has 1 aliphatic rings. The predicted octanol–water partition coefficient (Wildman–Crippen LogP) is 1.83. The Hall–Kier alpha value is -3.48. The molecular weight excluding hydrogens is 438 g/mol. The molecule has 0 atom stereocenters. The second-order valence-electron chi connectivity index (χ2n) is 7.52. The highest BCUT2D eigenvalue weighted by Gasteiger charge is 2.38. The fraction of sp³-hybridized carbons (Fsp3) is 0.250. The molecule has 12 heteroatoms. The first-order valence-electron chi connectivity index (χ1n) is 9.43. The molecule has 11 nitrogen and oxygen atoms in total. The molecule has 4 rings (SSSR count). The van der Waals surface area contributed by atoms with Crippen LogP contribution in [-0.4, -0.2) is 43.6 Å². The lowest BCUT2D eigenvalue weighted by Gasteiger charge is -2.35. The highest BCUT2D eigenvalue weighted by molar-refractivity contribution is 7.84. The molecule has 0 spiro atoms. The van der Waals surface area contributed by atoms with E-state index in [4.69, 9.17) is 28.0 Å². The molecule has 0 saturated carbocycles. The Morgan fingerprint density at radius 2 is 1.78 bits per heavy atom. The van der Waals surface area contributed by atoms with Gasteiger partial charge in [0.15, 0.2) is 0 Å². The van der Waals surface area contributed by atoms with Crippen molar-refractivity contribution in [1.82, 2.24) is 5.16 Å². The van der Waals surface area contributed by atoms with Gasteiger partial charge >= 0.3 is 6.03 Å². The number of ether oxygens (including phenoxy) is 1. The molecular formula is C20H23N5O6S. The van der Waals surface area contributed by atoms with Crippen LogP contribution in [0.2, 0.25) is 0 Å². The van der Waals surface area contributed by atoms with E-state index in [0.717, 1.165) is 16.8 Å². The van der Waals surface area contributed by atoms with Crippen LogP contribution in [0.3, 0.4) is 0 Å². The van der Waals surface area contributed by atoms with Gasteiger partial charge in [0.05, 0.1) is 40.6 Å². The summed E-state index contributed by atoms with van der Waals surface area (Å²) in [5, 5.41) is 9.42. The van der Waals surface area contributed by atoms with Crippen LogP contribution in [0.5, 0.6) is 0 Å². The van der Waals surface area contributed by atoms with Gasteiger partial charge < -0.3 is 19.1 Å². The van der Waals surface area contributed by atoms with Crippen LogP contribution >= 0.6 is 0 Å². The number of rotatable bonds is 4. The van der Waals surface area contributed by atoms with Crippen molar-refractivity contribution in [3.63, 3.8) is 0 Å². The van der Waals surface area contributed by atoms with Gasteiger partial charge in [0, 0.05) is 29.6 Å². The van der Waals surface area contributed by atoms with E-state index in [9.17, 15) is 4.79 Å². The largest absolute Gasteiger partial charge is 0.748 e. The summed E-state index contributed by atoms with van der Waals surface area (Å²) < 4.78 is 37.6. The zero-order chi connectivity index (χ0) is 23.4. The SMILES string of the molecule is CC1(c2cc(NC(=O)Nc3ccc(-c4ccc(N)[nH+]c4)cc3)on2)COC1.CS(=O)(=O)[O-]. The third kappa shape index (κ3) is 6.51. The maximum Gasteiger partial charge on any atom is 0.326 e. The minimum atomic E-state index is -3.92. The van der Waals surface area contributed by atoms with Gasteiger partial charge in [-0.1, -0.05) is 17.3 Å². The number of nitrogens with two attached hydrogens (primary N) is 1. The minimum absolute atomic E-state index is 0.144. The van der Waals surface area contributed by atoms with Crippen molar-refractivity contribution in [2.24, 2.45) is 0 Å². The Bertz CT molecular complexity index is 1160. The van der Waals surface area contributed by atoms with Crippen molar-refractivity contribution in [3.05, 3.63) is 54.4 Å². The van der Waals surface area contributed by atoms with Gasteiger partial charge in [-0.3, -0.25) is 11.1 Å². The molecule has 1 aromatic carbocycles. The number of hydrogen-bond donors (Lipinski definition) is 3. The number of benzene rings is 1. The van der Waals surface area contributed by atoms with Gasteiger partial charge in [-0.15, -0.1) is 0 Å². The van der Waals surface area contributed by atoms with Crippen LogP contribution in [0.1, 0.15) is 12.6 Å². The summed E-state index contributed by atoms with van der Waals surface area (Å²) in [5.41, 5.74) is 8.96. The third-order valence-electron chi connectivity index (χ3n) is 4.52. The Morgan fingerprint density at radius 1 is 1.16 bits per heavy atom.